The summed E-state index contributed by atoms with van der Waals surface area (Å²) in [6, 6.07) is 0. The molecule has 1 amide bonds. The van der Waals surface area contributed by atoms with Crippen LogP contribution in [0.3, 0.4) is 0 Å². The minimum absolute atomic E-state index is 0. The molecule has 7 nitrogen and oxygen atoms in total. The second kappa shape index (κ2) is 21.4. The monoisotopic (exact) mass is 471 g/mol. The molecule has 0 bridgehead atoms. The van der Waals surface area contributed by atoms with Crippen molar-refractivity contribution >= 4 is 51.6 Å². The molecular weight excluding hydrogens is 429 g/mol. The predicted molar refractivity (Wildman–Crippen MR) is 127 cm³/mol. The number of rotatable bonds is 20. The topological polar surface area (TPSA) is 124 Å². The number of unbranched alkanes of at least 4 members (excludes halogenated alkanes) is 12. The van der Waals surface area contributed by atoms with Crippen LogP contribution in [0, 0.1) is 0 Å². The summed E-state index contributed by atoms with van der Waals surface area (Å²) in [6.07, 6.45) is 20.0. The molecule has 0 aliphatic carbocycles. The molecule has 0 fully saturated rings. The van der Waals surface area contributed by atoms with Crippen LogP contribution >= 0.6 is 0 Å². The Morgan fingerprint density at radius 1 is 0.871 bits per heavy atom. The Morgan fingerprint density at radius 3 is 1.77 bits per heavy atom. The fourth-order valence-electron chi connectivity index (χ4n) is 3.11. The number of hydrogen-bond acceptors (Lipinski definition) is 5. The molecule has 0 spiro atoms. The van der Waals surface area contributed by atoms with Gasteiger partial charge in [0.2, 0.25) is 5.91 Å². The van der Waals surface area contributed by atoms with Crippen LogP contribution in [0.25, 0.3) is 0 Å². The Balaban J connectivity index is 0. The summed E-state index contributed by atoms with van der Waals surface area (Å²) in [5.41, 5.74) is 4.90. The molecule has 0 aromatic carbocycles. The molecule has 0 aromatic rings. The molecule has 178 valence electrons. The van der Waals surface area contributed by atoms with E-state index in [9.17, 15) is 18.0 Å². The van der Waals surface area contributed by atoms with Crippen molar-refractivity contribution in [3.63, 3.8) is 0 Å². The van der Waals surface area contributed by atoms with Crippen molar-refractivity contribution in [3.8, 4) is 0 Å². The van der Waals surface area contributed by atoms with E-state index in [-0.39, 0.29) is 36.2 Å². The third kappa shape index (κ3) is 21.2. The van der Waals surface area contributed by atoms with Gasteiger partial charge in [0.15, 0.2) is 5.25 Å². The Hall–Kier alpha value is -0.410. The van der Waals surface area contributed by atoms with Gasteiger partial charge in [0, 0.05) is 0 Å². The van der Waals surface area contributed by atoms with Crippen molar-refractivity contribution in [1.29, 1.82) is 0 Å². The fourth-order valence-corrected chi connectivity index (χ4v) is 3.79. The number of primary amides is 1. The zero-order valence-electron chi connectivity index (χ0n) is 18.5. The zero-order chi connectivity index (χ0) is 22.7. The molecule has 0 aromatic heterocycles. The maximum absolute atomic E-state index is 11.7. The SMILES string of the molecule is CCCCCCCC/C=C\CCCCCCCCOC(=O)C(CC(N)=O)S(=O)(=O)O.[NaH]. The van der Waals surface area contributed by atoms with Crippen molar-refractivity contribution in [2.24, 2.45) is 5.73 Å². The third-order valence-corrected chi connectivity index (χ3v) is 5.99. The van der Waals surface area contributed by atoms with Crippen LogP contribution in [-0.2, 0) is 24.4 Å². The van der Waals surface area contributed by atoms with Crippen LogP contribution in [0.5, 0.6) is 0 Å². The molecule has 1 atom stereocenters. The van der Waals surface area contributed by atoms with Gasteiger partial charge in [-0.15, -0.1) is 0 Å². The molecule has 0 aliphatic rings. The normalized spacial score (nSPS) is 12.5. The molecule has 0 heterocycles. The van der Waals surface area contributed by atoms with E-state index < -0.39 is 33.7 Å². The molecule has 0 saturated carbocycles. The van der Waals surface area contributed by atoms with Crippen molar-refractivity contribution in [3.05, 3.63) is 12.2 Å². The van der Waals surface area contributed by atoms with Gasteiger partial charge in [-0.2, -0.15) is 8.42 Å². The molecule has 31 heavy (non-hydrogen) atoms. The summed E-state index contributed by atoms with van der Waals surface area (Å²) in [7, 11) is -4.71. The quantitative estimate of drug-likeness (QED) is 0.0907. The fraction of sp³-hybridized carbons (Fsp3) is 0.818. The van der Waals surface area contributed by atoms with Gasteiger partial charge in [-0.05, 0) is 32.1 Å². The Labute approximate surface area is 211 Å². The molecule has 0 saturated heterocycles. The second-order valence-corrected chi connectivity index (χ2v) is 9.38. The standard InChI is InChI=1S/C22H41NO6S.Na.H/c1-2-3-4-5-6-7-8-9-10-11-12-13-14-15-16-17-18-29-22(25)20(19-21(23)24)30(26,27)28;;/h9-10,20H,2-8,11-19H2,1H3,(H2,23,24)(H,26,27,28);;/b10-9-;;. The van der Waals surface area contributed by atoms with Gasteiger partial charge >= 0.3 is 35.5 Å². The van der Waals surface area contributed by atoms with Crippen molar-refractivity contribution in [1.82, 2.24) is 0 Å². The van der Waals surface area contributed by atoms with Crippen molar-refractivity contribution in [2.75, 3.05) is 6.61 Å². The van der Waals surface area contributed by atoms with Gasteiger partial charge in [0.05, 0.1) is 13.0 Å². The van der Waals surface area contributed by atoms with Crippen molar-refractivity contribution < 1.29 is 27.3 Å². The third-order valence-electron chi connectivity index (χ3n) is 4.91. The summed E-state index contributed by atoms with van der Waals surface area (Å²) in [6.45, 7) is 2.30. The number of carbonyl (C=O) groups excluding carboxylic acids is 2. The molecule has 1 unspecified atom stereocenters. The van der Waals surface area contributed by atoms with Crippen LogP contribution in [0.4, 0.5) is 0 Å². The first-order valence-electron chi connectivity index (χ1n) is 11.3. The summed E-state index contributed by atoms with van der Waals surface area (Å²) in [5, 5.41) is -1.94. The molecule has 0 aliphatic heterocycles. The van der Waals surface area contributed by atoms with E-state index in [0.717, 1.165) is 32.1 Å². The van der Waals surface area contributed by atoms with Gasteiger partial charge in [-0.25, -0.2) is 0 Å². The summed E-state index contributed by atoms with van der Waals surface area (Å²) in [5.74, 6) is -2.13. The first-order valence-corrected chi connectivity index (χ1v) is 12.9. The molecule has 0 radical (unpaired) electrons. The number of hydrogen-bond donors (Lipinski definition) is 2. The van der Waals surface area contributed by atoms with Crippen LogP contribution in [0.1, 0.15) is 103 Å². The number of amides is 1. The number of nitrogens with two attached hydrogens (primary N) is 1. The number of ether oxygens (including phenoxy) is 1. The average Bonchev–Trinajstić information content (AvgIpc) is 2.67. The molecule has 9 heteroatoms. The van der Waals surface area contributed by atoms with E-state index in [1.54, 1.807) is 0 Å². The summed E-state index contributed by atoms with van der Waals surface area (Å²) in [4.78, 5) is 22.5. The zero-order valence-corrected chi connectivity index (χ0v) is 19.3. The number of carbonyl (C=O) groups is 2. The minimum atomic E-state index is -4.71. The van der Waals surface area contributed by atoms with Crippen LogP contribution < -0.4 is 5.73 Å². The van der Waals surface area contributed by atoms with Crippen LogP contribution in [0.2, 0.25) is 0 Å². The van der Waals surface area contributed by atoms with Gasteiger partial charge in [-0.1, -0.05) is 76.9 Å². The van der Waals surface area contributed by atoms with Crippen molar-refractivity contribution in [2.45, 2.75) is 108 Å². The van der Waals surface area contributed by atoms with Crippen LogP contribution in [0.15, 0.2) is 12.2 Å². The first kappa shape index (κ1) is 32.8. The van der Waals surface area contributed by atoms with Gasteiger partial charge in [0.25, 0.3) is 10.1 Å². The van der Waals surface area contributed by atoms with E-state index in [0.29, 0.717) is 6.42 Å². The van der Waals surface area contributed by atoms with E-state index >= 15 is 0 Å². The number of allylic oxidation sites excluding steroid dienone is 2. The molecule has 3 N–H and O–H groups in total. The van der Waals surface area contributed by atoms with Gasteiger partial charge < -0.3 is 10.5 Å². The van der Waals surface area contributed by atoms with E-state index in [2.05, 4.69) is 19.1 Å². The summed E-state index contributed by atoms with van der Waals surface area (Å²) >= 11 is 0. The van der Waals surface area contributed by atoms with Gasteiger partial charge in [-0.3, -0.25) is 14.1 Å². The average molecular weight is 472 g/mol. The van der Waals surface area contributed by atoms with E-state index in [1.165, 1.54) is 51.4 Å². The Morgan fingerprint density at radius 2 is 1.32 bits per heavy atom. The number of esters is 1. The van der Waals surface area contributed by atoms with E-state index in [1.807, 2.05) is 0 Å². The van der Waals surface area contributed by atoms with E-state index in [4.69, 9.17) is 15.0 Å². The molecule has 0 rings (SSSR count). The molecular formula is C22H42NNaO6S. The second-order valence-electron chi connectivity index (χ2n) is 7.78. The van der Waals surface area contributed by atoms with Gasteiger partial charge in [0.1, 0.15) is 0 Å². The van der Waals surface area contributed by atoms with Crippen LogP contribution in [-0.4, -0.2) is 66.3 Å². The maximum atomic E-state index is 11.7. The predicted octanol–water partition coefficient (Wildman–Crippen LogP) is 4.05. The Bertz CT molecular complexity index is 595. The first-order chi connectivity index (χ1) is 14.3. The summed E-state index contributed by atoms with van der Waals surface area (Å²) < 4.78 is 36.1. The Kier molecular flexibility index (Phi) is 22.7.